The molecule has 5 nitrogen and oxygen atoms in total. The van der Waals surface area contributed by atoms with Crippen LogP contribution in [0.1, 0.15) is 46.0 Å². The van der Waals surface area contributed by atoms with Crippen LogP contribution < -0.4 is 0 Å². The maximum absolute atomic E-state index is 12.6. The summed E-state index contributed by atoms with van der Waals surface area (Å²) in [6.07, 6.45) is 4.67. The van der Waals surface area contributed by atoms with Crippen LogP contribution in [0.4, 0.5) is 4.79 Å². The van der Waals surface area contributed by atoms with Gasteiger partial charge < -0.3 is 14.9 Å². The van der Waals surface area contributed by atoms with Gasteiger partial charge in [0.2, 0.25) is 0 Å². The number of amides is 2. The highest BCUT2D eigenvalue weighted by atomic mass is 16.4. The van der Waals surface area contributed by atoms with Crippen molar-refractivity contribution in [1.29, 1.82) is 0 Å². The van der Waals surface area contributed by atoms with Crippen molar-refractivity contribution in [3.63, 3.8) is 0 Å². The zero-order valence-corrected chi connectivity index (χ0v) is 13.4. The number of aliphatic carboxylic acids is 1. The topological polar surface area (TPSA) is 60.9 Å². The van der Waals surface area contributed by atoms with Crippen LogP contribution in [-0.4, -0.2) is 53.1 Å². The van der Waals surface area contributed by atoms with E-state index in [4.69, 9.17) is 5.11 Å². The highest BCUT2D eigenvalue weighted by Gasteiger charge is 2.35. The maximum atomic E-state index is 12.6. The van der Waals surface area contributed by atoms with Crippen LogP contribution >= 0.6 is 0 Å². The average molecular weight is 296 g/mol. The van der Waals surface area contributed by atoms with Crippen LogP contribution in [0.2, 0.25) is 0 Å². The second-order valence-corrected chi connectivity index (χ2v) is 6.89. The molecule has 2 fully saturated rings. The Kier molecular flexibility index (Phi) is 5.12. The van der Waals surface area contributed by atoms with Gasteiger partial charge in [0.05, 0.1) is 0 Å². The van der Waals surface area contributed by atoms with Gasteiger partial charge in [-0.25, -0.2) is 4.79 Å². The van der Waals surface area contributed by atoms with E-state index < -0.39 is 5.97 Å². The van der Waals surface area contributed by atoms with Crippen LogP contribution in [0.5, 0.6) is 0 Å². The molecule has 1 N–H and O–H groups in total. The number of rotatable bonds is 5. The van der Waals surface area contributed by atoms with E-state index in [2.05, 4.69) is 6.92 Å². The minimum atomic E-state index is -0.745. The molecule has 0 radical (unpaired) electrons. The van der Waals surface area contributed by atoms with Gasteiger partial charge in [0.25, 0.3) is 0 Å². The van der Waals surface area contributed by atoms with Gasteiger partial charge in [-0.3, -0.25) is 4.79 Å². The number of urea groups is 1. The quantitative estimate of drug-likeness (QED) is 0.848. The van der Waals surface area contributed by atoms with Crippen molar-refractivity contribution in [1.82, 2.24) is 9.80 Å². The molecule has 5 heteroatoms. The van der Waals surface area contributed by atoms with Crippen molar-refractivity contribution in [2.24, 2.45) is 17.8 Å². The van der Waals surface area contributed by atoms with E-state index in [-0.39, 0.29) is 18.4 Å². The molecule has 0 aromatic rings. The Hall–Kier alpha value is -1.26. The van der Waals surface area contributed by atoms with E-state index in [0.717, 1.165) is 19.4 Å². The number of likely N-dealkylation sites (tertiary alicyclic amines) is 1. The average Bonchev–Trinajstić information content (AvgIpc) is 3.29. The molecule has 1 saturated carbocycles. The lowest BCUT2D eigenvalue weighted by atomic mass is 9.85. The van der Waals surface area contributed by atoms with E-state index in [9.17, 15) is 9.59 Å². The fourth-order valence-corrected chi connectivity index (χ4v) is 3.38. The first-order valence-corrected chi connectivity index (χ1v) is 8.13. The predicted octanol–water partition coefficient (Wildman–Crippen LogP) is 2.66. The van der Waals surface area contributed by atoms with Crippen molar-refractivity contribution < 1.29 is 14.7 Å². The fraction of sp³-hybridized carbons (Fsp3) is 0.875. The Bertz CT molecular complexity index is 395. The molecule has 2 rings (SSSR count). The van der Waals surface area contributed by atoms with Gasteiger partial charge in [0.15, 0.2) is 0 Å². The molecule has 3 atom stereocenters. The Balaban J connectivity index is 1.90. The van der Waals surface area contributed by atoms with E-state index in [1.165, 1.54) is 12.8 Å². The lowest BCUT2D eigenvalue weighted by Gasteiger charge is -2.39. The lowest BCUT2D eigenvalue weighted by Crippen LogP contribution is -2.50. The van der Waals surface area contributed by atoms with Crippen molar-refractivity contribution in [2.75, 3.05) is 20.1 Å². The number of carboxylic acid groups (broad SMARTS) is 1. The standard InChI is InChI=1S/C16H28N2O3/c1-11(9-15(19)20)14-5-4-8-18(10-14)16(21)17(3)12(2)13-6-7-13/h11-14H,4-10H2,1-3H3,(H,19,20). The molecule has 0 spiro atoms. The Morgan fingerprint density at radius 3 is 2.48 bits per heavy atom. The van der Waals surface area contributed by atoms with E-state index in [1.54, 1.807) is 0 Å². The number of carbonyl (C=O) groups is 2. The van der Waals surface area contributed by atoms with Crippen LogP contribution in [0, 0.1) is 17.8 Å². The van der Waals surface area contributed by atoms with Crippen molar-refractivity contribution in [3.05, 3.63) is 0 Å². The molecule has 21 heavy (non-hydrogen) atoms. The number of hydrogen-bond acceptors (Lipinski definition) is 2. The summed E-state index contributed by atoms with van der Waals surface area (Å²) in [6.45, 7) is 5.62. The number of carbonyl (C=O) groups excluding carboxylic acids is 1. The van der Waals surface area contributed by atoms with Crippen LogP contribution in [0.3, 0.4) is 0 Å². The van der Waals surface area contributed by atoms with E-state index >= 15 is 0 Å². The number of carboxylic acids is 1. The predicted molar refractivity (Wildman–Crippen MR) is 81.1 cm³/mol. The largest absolute Gasteiger partial charge is 0.481 e. The molecule has 1 aliphatic heterocycles. The Labute approximate surface area is 127 Å². The third kappa shape index (κ3) is 4.11. The molecule has 0 bridgehead atoms. The first-order valence-electron chi connectivity index (χ1n) is 8.13. The molecule has 2 aliphatic rings. The first kappa shape index (κ1) is 16.1. The molecule has 0 aromatic carbocycles. The highest BCUT2D eigenvalue weighted by molar-refractivity contribution is 5.74. The van der Waals surface area contributed by atoms with Crippen LogP contribution in [0.15, 0.2) is 0 Å². The summed E-state index contributed by atoms with van der Waals surface area (Å²) in [7, 11) is 1.90. The summed E-state index contributed by atoms with van der Waals surface area (Å²) in [4.78, 5) is 27.3. The first-order chi connectivity index (χ1) is 9.90. The van der Waals surface area contributed by atoms with E-state index in [1.807, 2.05) is 23.8 Å². The zero-order valence-electron chi connectivity index (χ0n) is 13.4. The number of hydrogen-bond donors (Lipinski definition) is 1. The lowest BCUT2D eigenvalue weighted by molar-refractivity contribution is -0.138. The van der Waals surface area contributed by atoms with Crippen molar-refractivity contribution in [2.45, 2.75) is 52.0 Å². The molecule has 1 heterocycles. The van der Waals surface area contributed by atoms with E-state index in [0.29, 0.717) is 24.4 Å². The molecule has 2 amide bonds. The monoisotopic (exact) mass is 296 g/mol. The maximum Gasteiger partial charge on any atom is 0.319 e. The smallest absolute Gasteiger partial charge is 0.319 e. The van der Waals surface area contributed by atoms with Crippen molar-refractivity contribution in [3.8, 4) is 0 Å². The zero-order chi connectivity index (χ0) is 15.6. The molecule has 0 aromatic heterocycles. The summed E-state index contributed by atoms with van der Waals surface area (Å²) < 4.78 is 0. The number of nitrogens with zero attached hydrogens (tertiary/aromatic N) is 2. The highest BCUT2D eigenvalue weighted by Crippen LogP contribution is 2.35. The van der Waals surface area contributed by atoms with Gasteiger partial charge in [-0.05, 0) is 50.4 Å². The summed E-state index contributed by atoms with van der Waals surface area (Å²) >= 11 is 0. The second-order valence-electron chi connectivity index (χ2n) is 6.89. The molecule has 3 unspecified atom stereocenters. The summed E-state index contributed by atoms with van der Waals surface area (Å²) in [6, 6.07) is 0.427. The van der Waals surface area contributed by atoms with Gasteiger partial charge in [-0.15, -0.1) is 0 Å². The van der Waals surface area contributed by atoms with Gasteiger partial charge >= 0.3 is 12.0 Å². The molecule has 1 saturated heterocycles. The Morgan fingerprint density at radius 2 is 1.90 bits per heavy atom. The van der Waals surface area contributed by atoms with Gasteiger partial charge in [0.1, 0.15) is 0 Å². The number of piperidine rings is 1. The second kappa shape index (κ2) is 6.67. The Morgan fingerprint density at radius 1 is 1.24 bits per heavy atom. The normalized spacial score (nSPS) is 25.3. The summed E-state index contributed by atoms with van der Waals surface area (Å²) in [5.74, 6) is 0.364. The van der Waals surface area contributed by atoms with Gasteiger partial charge in [0, 0.05) is 32.6 Å². The molecule has 120 valence electrons. The molecular weight excluding hydrogens is 268 g/mol. The third-order valence-electron chi connectivity index (χ3n) is 5.25. The SMILES string of the molecule is CC(CC(=O)O)C1CCCN(C(=O)N(C)C(C)C2CC2)C1. The third-order valence-corrected chi connectivity index (χ3v) is 5.25. The summed E-state index contributed by atoms with van der Waals surface area (Å²) in [5.41, 5.74) is 0. The van der Waals surface area contributed by atoms with Gasteiger partial charge in [-0.1, -0.05) is 6.92 Å². The minimum absolute atomic E-state index is 0.113. The van der Waals surface area contributed by atoms with Crippen molar-refractivity contribution >= 4 is 12.0 Å². The molecule has 1 aliphatic carbocycles. The van der Waals surface area contributed by atoms with Gasteiger partial charge in [-0.2, -0.15) is 0 Å². The van der Waals surface area contributed by atoms with Crippen LogP contribution in [0.25, 0.3) is 0 Å². The minimum Gasteiger partial charge on any atom is -0.481 e. The summed E-state index contributed by atoms with van der Waals surface area (Å²) in [5, 5.41) is 8.93. The fourth-order valence-electron chi connectivity index (χ4n) is 3.38. The molecular formula is C16H28N2O3. The van der Waals surface area contributed by atoms with Crippen LogP contribution in [-0.2, 0) is 4.79 Å².